The summed E-state index contributed by atoms with van der Waals surface area (Å²) in [6, 6.07) is 24.4. The Hall–Kier alpha value is -1.65. The molecule has 0 aliphatic rings. The van der Waals surface area contributed by atoms with Crippen molar-refractivity contribution in [2.24, 2.45) is 0 Å². The van der Waals surface area contributed by atoms with Crippen LogP contribution in [0.15, 0.2) is 83.8 Å². The smallest absolute Gasteiger partial charge is 0.267 e. The second-order valence-corrected chi connectivity index (χ2v) is 6.71. The van der Waals surface area contributed by atoms with Gasteiger partial charge in [0.25, 0.3) is 10.1 Å². The van der Waals surface area contributed by atoms with E-state index in [0.29, 0.717) is 6.42 Å². The van der Waals surface area contributed by atoms with Crippen LogP contribution in [0.4, 0.5) is 0 Å². The van der Waals surface area contributed by atoms with Crippen LogP contribution in [0, 0.1) is 6.92 Å². The molecule has 0 fully saturated rings. The van der Waals surface area contributed by atoms with E-state index in [1.54, 1.807) is 24.3 Å². The summed E-state index contributed by atoms with van der Waals surface area (Å²) in [6.45, 7) is 2.08. The Kier molecular flexibility index (Phi) is 8.72. The first-order valence-corrected chi connectivity index (χ1v) is 8.82. The first kappa shape index (κ1) is 20.4. The molecule has 128 valence electrons. The summed E-state index contributed by atoms with van der Waals surface area (Å²) in [5.74, 6) is 0. The molecular weight excluding hydrogens is 364 g/mol. The molecule has 0 amide bonds. The van der Waals surface area contributed by atoms with Gasteiger partial charge >= 0.3 is 17.1 Å². The van der Waals surface area contributed by atoms with Crippen molar-refractivity contribution in [2.75, 3.05) is 6.61 Å². The van der Waals surface area contributed by atoms with E-state index in [-0.39, 0.29) is 28.6 Å². The summed E-state index contributed by atoms with van der Waals surface area (Å²) in [7, 11) is -3.63. The van der Waals surface area contributed by atoms with Gasteiger partial charge in [-0.3, -0.25) is 4.18 Å². The molecule has 0 radical (unpaired) electrons. The van der Waals surface area contributed by atoms with Crippen LogP contribution in [-0.4, -0.2) is 15.0 Å². The minimum absolute atomic E-state index is 0. The molecule has 24 heavy (non-hydrogen) atoms. The summed E-state index contributed by atoms with van der Waals surface area (Å²) >= 11 is 0. The minimum Gasteiger partial charge on any atom is -0.267 e. The maximum atomic E-state index is 11.8. The zero-order valence-corrected chi connectivity index (χ0v) is 15.3. The van der Waals surface area contributed by atoms with Gasteiger partial charge in [0.1, 0.15) is 0 Å². The van der Waals surface area contributed by atoms with E-state index in [9.17, 15) is 8.42 Å². The summed E-state index contributed by atoms with van der Waals surface area (Å²) in [5, 5.41) is 0. The van der Waals surface area contributed by atoms with Gasteiger partial charge in [-0.15, -0.1) is 0 Å². The summed E-state index contributed by atoms with van der Waals surface area (Å²) in [4.78, 5) is 0.204. The van der Waals surface area contributed by atoms with Crippen molar-refractivity contribution in [2.45, 2.75) is 18.2 Å². The SMILES string of the molecule is Cc1ccc(S(=O)(=O)OCC[c-]2cccc2)cc1.[Fe+2].c1cc[cH-]c1. The molecule has 0 heterocycles. The largest absolute Gasteiger partial charge is 2.00 e. The summed E-state index contributed by atoms with van der Waals surface area (Å²) < 4.78 is 28.7. The van der Waals surface area contributed by atoms with E-state index in [1.807, 2.05) is 61.5 Å². The van der Waals surface area contributed by atoms with Crippen LogP contribution in [0.25, 0.3) is 0 Å². The average molecular weight is 384 g/mol. The van der Waals surface area contributed by atoms with Crippen LogP contribution < -0.4 is 0 Å². The maximum absolute atomic E-state index is 11.8. The Morgan fingerprint density at radius 2 is 1.58 bits per heavy atom. The third-order valence-electron chi connectivity index (χ3n) is 3.23. The second kappa shape index (κ2) is 10.3. The van der Waals surface area contributed by atoms with E-state index >= 15 is 0 Å². The first-order chi connectivity index (χ1) is 11.1. The van der Waals surface area contributed by atoms with Gasteiger partial charge in [0, 0.05) is 0 Å². The Morgan fingerprint density at radius 1 is 1.00 bits per heavy atom. The van der Waals surface area contributed by atoms with Crippen LogP contribution in [0.5, 0.6) is 0 Å². The molecule has 0 aliphatic heterocycles. The molecule has 3 aromatic carbocycles. The van der Waals surface area contributed by atoms with Crippen molar-refractivity contribution in [1.29, 1.82) is 0 Å². The Balaban J connectivity index is 0.000000412. The molecule has 0 N–H and O–H groups in total. The maximum Gasteiger partial charge on any atom is 2.00 e. The van der Waals surface area contributed by atoms with Gasteiger partial charge in [0.15, 0.2) is 0 Å². The van der Waals surface area contributed by atoms with Gasteiger partial charge in [-0.2, -0.15) is 44.3 Å². The van der Waals surface area contributed by atoms with E-state index in [4.69, 9.17) is 4.18 Å². The van der Waals surface area contributed by atoms with Crippen LogP contribution in [0.2, 0.25) is 0 Å². The molecule has 0 unspecified atom stereocenters. The number of hydrogen-bond acceptors (Lipinski definition) is 3. The van der Waals surface area contributed by atoms with Crippen LogP contribution >= 0.6 is 0 Å². The molecule has 0 atom stereocenters. The monoisotopic (exact) mass is 384 g/mol. The van der Waals surface area contributed by atoms with E-state index in [0.717, 1.165) is 11.1 Å². The fourth-order valence-electron chi connectivity index (χ4n) is 1.94. The van der Waals surface area contributed by atoms with E-state index < -0.39 is 10.1 Å². The van der Waals surface area contributed by atoms with Gasteiger partial charge in [0.2, 0.25) is 0 Å². The quantitative estimate of drug-likeness (QED) is 0.379. The van der Waals surface area contributed by atoms with E-state index in [1.165, 1.54) is 0 Å². The third kappa shape index (κ3) is 6.85. The predicted molar refractivity (Wildman–Crippen MR) is 92.1 cm³/mol. The van der Waals surface area contributed by atoms with Crippen molar-refractivity contribution >= 4 is 10.1 Å². The minimum atomic E-state index is -3.63. The van der Waals surface area contributed by atoms with Crippen molar-refractivity contribution in [3.8, 4) is 0 Å². The molecule has 0 saturated heterocycles. The number of benzene rings is 1. The van der Waals surface area contributed by atoms with Gasteiger partial charge in [-0.25, -0.2) is 24.3 Å². The van der Waals surface area contributed by atoms with Gasteiger partial charge < -0.3 is 0 Å². The second-order valence-electron chi connectivity index (χ2n) is 5.09. The van der Waals surface area contributed by atoms with Gasteiger partial charge in [-0.05, 0) is 25.5 Å². The van der Waals surface area contributed by atoms with Crippen LogP contribution in [0.1, 0.15) is 11.1 Å². The fourth-order valence-corrected chi connectivity index (χ4v) is 2.85. The van der Waals surface area contributed by atoms with Crippen molar-refractivity contribution in [1.82, 2.24) is 0 Å². The molecule has 0 aliphatic carbocycles. The summed E-state index contributed by atoms with van der Waals surface area (Å²) in [5.41, 5.74) is 2.10. The molecule has 3 nitrogen and oxygen atoms in total. The Morgan fingerprint density at radius 3 is 2.08 bits per heavy atom. The van der Waals surface area contributed by atoms with Crippen molar-refractivity contribution < 1.29 is 29.7 Å². The first-order valence-electron chi connectivity index (χ1n) is 7.41. The fraction of sp³-hybridized carbons (Fsp3) is 0.158. The standard InChI is InChI=1S/C14H15O3S.C5H5.Fe/c1-12-6-8-14(9-7-12)18(15,16)17-11-10-13-4-2-3-5-13;1-2-4-5-3-1;/h2-9H,10-11H2,1H3;1-5H;/q2*-1;+2. The Labute approximate surface area is 154 Å². The van der Waals surface area contributed by atoms with E-state index in [2.05, 4.69) is 0 Å². The number of rotatable bonds is 5. The molecule has 3 aromatic rings. The number of aryl methyl sites for hydroxylation is 1. The normalized spacial score (nSPS) is 10.4. The third-order valence-corrected chi connectivity index (χ3v) is 4.55. The van der Waals surface area contributed by atoms with Crippen molar-refractivity contribution in [3.05, 3.63) is 90.0 Å². The van der Waals surface area contributed by atoms with Crippen LogP contribution in [0.3, 0.4) is 0 Å². The van der Waals surface area contributed by atoms with Crippen LogP contribution in [-0.2, 0) is 37.8 Å². The van der Waals surface area contributed by atoms with Gasteiger partial charge in [0.05, 0.1) is 11.5 Å². The van der Waals surface area contributed by atoms with Gasteiger partial charge in [-0.1, -0.05) is 17.7 Å². The summed E-state index contributed by atoms with van der Waals surface area (Å²) in [6.07, 6.45) is 0.595. The molecule has 0 aromatic heterocycles. The molecule has 0 spiro atoms. The topological polar surface area (TPSA) is 43.4 Å². The predicted octanol–water partition coefficient (Wildman–Crippen LogP) is 4.06. The number of hydrogen-bond donors (Lipinski definition) is 0. The zero-order chi connectivity index (χ0) is 16.5. The molecule has 5 heteroatoms. The molecular formula is C19H20FeO3S. The zero-order valence-electron chi connectivity index (χ0n) is 13.4. The Bertz CT molecular complexity index is 741. The molecule has 0 saturated carbocycles. The molecule has 3 rings (SSSR count). The molecule has 0 bridgehead atoms. The van der Waals surface area contributed by atoms with Crippen molar-refractivity contribution in [3.63, 3.8) is 0 Å². The average Bonchev–Trinajstić information content (AvgIpc) is 3.24.